The van der Waals surface area contributed by atoms with Crippen LogP contribution in [0.2, 0.25) is 0 Å². The second-order valence-corrected chi connectivity index (χ2v) is 4.25. The lowest BCUT2D eigenvalue weighted by atomic mass is 10.2. The second-order valence-electron chi connectivity index (χ2n) is 4.25. The van der Waals surface area contributed by atoms with Crippen molar-refractivity contribution >= 4 is 6.09 Å². The molecule has 6 nitrogen and oxygen atoms in total. The lowest BCUT2D eigenvalue weighted by Gasteiger charge is -2.23. The van der Waals surface area contributed by atoms with E-state index in [-0.39, 0.29) is 6.09 Å². The SMILES string of the molecule is COC(=O)N1CCc2oc(-c3ccccn3)nc2C1. The van der Waals surface area contributed by atoms with E-state index in [4.69, 9.17) is 9.15 Å². The molecular weight excluding hydrogens is 246 g/mol. The molecule has 6 heteroatoms. The maximum absolute atomic E-state index is 11.5. The van der Waals surface area contributed by atoms with Crippen molar-refractivity contribution in [3.63, 3.8) is 0 Å². The molecule has 3 rings (SSSR count). The molecule has 0 aliphatic carbocycles. The summed E-state index contributed by atoms with van der Waals surface area (Å²) < 4.78 is 10.4. The average molecular weight is 259 g/mol. The van der Waals surface area contributed by atoms with E-state index in [2.05, 4.69) is 9.97 Å². The number of ether oxygens (including phenoxy) is 1. The summed E-state index contributed by atoms with van der Waals surface area (Å²) in [6.45, 7) is 0.995. The number of fused-ring (bicyclic) bond motifs is 1. The van der Waals surface area contributed by atoms with E-state index < -0.39 is 0 Å². The van der Waals surface area contributed by atoms with Crippen LogP contribution in [-0.2, 0) is 17.7 Å². The minimum atomic E-state index is -0.340. The Morgan fingerprint density at radius 1 is 1.47 bits per heavy atom. The van der Waals surface area contributed by atoms with E-state index in [0.717, 1.165) is 11.5 Å². The first-order valence-electron chi connectivity index (χ1n) is 6.01. The Kier molecular flexibility index (Phi) is 2.91. The van der Waals surface area contributed by atoms with Crippen molar-refractivity contribution in [2.24, 2.45) is 0 Å². The fourth-order valence-corrected chi connectivity index (χ4v) is 2.08. The predicted octanol–water partition coefficient (Wildman–Crippen LogP) is 1.86. The number of pyridine rings is 1. The van der Waals surface area contributed by atoms with Crippen molar-refractivity contribution in [1.29, 1.82) is 0 Å². The van der Waals surface area contributed by atoms with Gasteiger partial charge in [0.15, 0.2) is 0 Å². The maximum atomic E-state index is 11.5. The average Bonchev–Trinajstić information content (AvgIpc) is 2.90. The minimum Gasteiger partial charge on any atom is -0.453 e. The molecule has 98 valence electrons. The molecule has 0 radical (unpaired) electrons. The molecule has 3 heterocycles. The third-order valence-corrected chi connectivity index (χ3v) is 3.04. The van der Waals surface area contributed by atoms with Crippen molar-refractivity contribution in [3.8, 4) is 11.6 Å². The Hall–Kier alpha value is -2.37. The molecule has 2 aromatic rings. The summed E-state index contributed by atoms with van der Waals surface area (Å²) in [5.41, 5.74) is 1.47. The van der Waals surface area contributed by atoms with Crippen molar-refractivity contribution < 1.29 is 13.9 Å². The Morgan fingerprint density at radius 3 is 3.11 bits per heavy atom. The lowest BCUT2D eigenvalue weighted by Crippen LogP contribution is -2.35. The van der Waals surface area contributed by atoms with Gasteiger partial charge in [-0.2, -0.15) is 0 Å². The first-order chi connectivity index (χ1) is 9.28. The predicted molar refractivity (Wildman–Crippen MR) is 66.3 cm³/mol. The molecule has 0 bridgehead atoms. The number of hydrogen-bond acceptors (Lipinski definition) is 5. The van der Waals surface area contributed by atoms with Gasteiger partial charge in [-0.05, 0) is 12.1 Å². The number of amides is 1. The van der Waals surface area contributed by atoms with Crippen LogP contribution in [0.15, 0.2) is 28.8 Å². The summed E-state index contributed by atoms with van der Waals surface area (Å²) in [4.78, 5) is 21.7. The van der Waals surface area contributed by atoms with Crippen molar-refractivity contribution in [2.45, 2.75) is 13.0 Å². The van der Waals surface area contributed by atoms with Crippen LogP contribution in [0.1, 0.15) is 11.5 Å². The van der Waals surface area contributed by atoms with E-state index in [1.807, 2.05) is 18.2 Å². The molecule has 1 aliphatic rings. The Labute approximate surface area is 110 Å². The van der Waals surface area contributed by atoms with Gasteiger partial charge in [0.1, 0.15) is 17.1 Å². The number of carbonyl (C=O) groups excluding carboxylic acids is 1. The minimum absolute atomic E-state index is 0.340. The Balaban J connectivity index is 1.87. The summed E-state index contributed by atoms with van der Waals surface area (Å²) in [7, 11) is 1.37. The van der Waals surface area contributed by atoms with Gasteiger partial charge in [0.05, 0.1) is 13.7 Å². The second kappa shape index (κ2) is 4.72. The number of hydrogen-bond donors (Lipinski definition) is 0. The van der Waals surface area contributed by atoms with Gasteiger partial charge < -0.3 is 14.1 Å². The normalized spacial score (nSPS) is 14.1. The van der Waals surface area contributed by atoms with Crippen LogP contribution in [0.4, 0.5) is 4.79 Å². The summed E-state index contributed by atoms with van der Waals surface area (Å²) in [5, 5.41) is 0. The van der Waals surface area contributed by atoms with Crippen LogP contribution in [0.5, 0.6) is 0 Å². The Bertz CT molecular complexity index is 594. The van der Waals surface area contributed by atoms with Crippen molar-refractivity contribution in [2.75, 3.05) is 13.7 Å². The quantitative estimate of drug-likeness (QED) is 0.781. The molecule has 19 heavy (non-hydrogen) atoms. The first-order valence-corrected chi connectivity index (χ1v) is 6.01. The zero-order chi connectivity index (χ0) is 13.2. The van der Waals surface area contributed by atoms with Crippen LogP contribution in [0, 0.1) is 0 Å². The van der Waals surface area contributed by atoms with Gasteiger partial charge in [0.2, 0.25) is 5.89 Å². The number of nitrogens with zero attached hydrogens (tertiary/aromatic N) is 3. The van der Waals surface area contributed by atoms with Gasteiger partial charge in [-0.1, -0.05) is 6.07 Å². The molecule has 0 fully saturated rings. The smallest absolute Gasteiger partial charge is 0.409 e. The van der Waals surface area contributed by atoms with E-state index >= 15 is 0 Å². The summed E-state index contributed by atoms with van der Waals surface area (Å²) in [6.07, 6.45) is 2.00. The van der Waals surface area contributed by atoms with Gasteiger partial charge in [-0.15, -0.1) is 0 Å². The molecule has 0 unspecified atom stereocenters. The standard InChI is InChI=1S/C13H13N3O3/c1-18-13(17)16-7-5-11-10(8-16)15-12(19-11)9-4-2-3-6-14-9/h2-4,6H,5,7-8H2,1H3. The Morgan fingerprint density at radius 2 is 2.37 bits per heavy atom. The molecule has 1 aliphatic heterocycles. The van der Waals surface area contributed by atoms with Crippen LogP contribution >= 0.6 is 0 Å². The zero-order valence-electron chi connectivity index (χ0n) is 10.5. The number of rotatable bonds is 1. The molecule has 1 amide bonds. The van der Waals surface area contributed by atoms with Gasteiger partial charge in [-0.25, -0.2) is 9.78 Å². The third kappa shape index (κ3) is 2.16. The van der Waals surface area contributed by atoms with E-state index in [1.165, 1.54) is 7.11 Å². The highest BCUT2D eigenvalue weighted by Crippen LogP contribution is 2.25. The largest absolute Gasteiger partial charge is 0.453 e. The highest BCUT2D eigenvalue weighted by atomic mass is 16.5. The molecule has 0 atom stereocenters. The van der Waals surface area contributed by atoms with Gasteiger partial charge >= 0.3 is 6.09 Å². The fourth-order valence-electron chi connectivity index (χ4n) is 2.08. The molecule has 0 aromatic carbocycles. The zero-order valence-corrected chi connectivity index (χ0v) is 10.5. The highest BCUT2D eigenvalue weighted by molar-refractivity contribution is 5.67. The number of oxazole rings is 1. The van der Waals surface area contributed by atoms with Gasteiger partial charge in [0, 0.05) is 19.2 Å². The third-order valence-electron chi connectivity index (χ3n) is 3.04. The molecule has 2 aromatic heterocycles. The van der Waals surface area contributed by atoms with Crippen LogP contribution in [0.25, 0.3) is 11.6 Å². The lowest BCUT2D eigenvalue weighted by molar-refractivity contribution is 0.117. The van der Waals surface area contributed by atoms with Crippen LogP contribution in [-0.4, -0.2) is 34.6 Å². The maximum Gasteiger partial charge on any atom is 0.409 e. The van der Waals surface area contributed by atoms with Crippen molar-refractivity contribution in [3.05, 3.63) is 35.9 Å². The summed E-state index contributed by atoms with van der Waals surface area (Å²) in [6, 6.07) is 5.56. The van der Waals surface area contributed by atoms with E-state index in [1.54, 1.807) is 11.1 Å². The van der Waals surface area contributed by atoms with E-state index in [9.17, 15) is 4.79 Å². The van der Waals surface area contributed by atoms with Crippen molar-refractivity contribution in [1.82, 2.24) is 14.9 Å². The molecule has 0 N–H and O–H groups in total. The number of carbonyl (C=O) groups is 1. The van der Waals surface area contributed by atoms with Crippen LogP contribution < -0.4 is 0 Å². The van der Waals surface area contributed by atoms with Gasteiger partial charge in [-0.3, -0.25) is 4.98 Å². The van der Waals surface area contributed by atoms with Gasteiger partial charge in [0.25, 0.3) is 0 Å². The molecular formula is C13H13N3O3. The summed E-state index contributed by atoms with van der Waals surface area (Å²) >= 11 is 0. The van der Waals surface area contributed by atoms with Crippen LogP contribution in [0.3, 0.4) is 0 Å². The highest BCUT2D eigenvalue weighted by Gasteiger charge is 2.26. The summed E-state index contributed by atoms with van der Waals surface area (Å²) in [5.74, 6) is 1.32. The molecule has 0 saturated carbocycles. The number of methoxy groups -OCH3 is 1. The molecule has 0 spiro atoms. The topological polar surface area (TPSA) is 68.5 Å². The van der Waals surface area contributed by atoms with E-state index in [0.29, 0.717) is 31.1 Å². The number of aromatic nitrogens is 2. The molecule has 0 saturated heterocycles. The monoisotopic (exact) mass is 259 g/mol. The first kappa shape index (κ1) is 11.7. The fraction of sp³-hybridized carbons (Fsp3) is 0.308.